The van der Waals surface area contributed by atoms with Gasteiger partial charge in [0.25, 0.3) is 0 Å². The van der Waals surface area contributed by atoms with E-state index < -0.39 is 8.80 Å². The summed E-state index contributed by atoms with van der Waals surface area (Å²) in [4.78, 5) is 10.1. The molecule has 0 aromatic heterocycles. The third-order valence-corrected chi connectivity index (χ3v) is 5.01. The molecule has 0 bridgehead atoms. The summed E-state index contributed by atoms with van der Waals surface area (Å²) in [5.41, 5.74) is 0. The lowest BCUT2D eigenvalue weighted by Gasteiger charge is -2.28. The standard InChI is InChI=1S/C10H21O4Si/c1-4-12-15(13-5-2,14-6-3)10-8-7-9-11/h4-8,10H2,1-3H3. The largest absolute Gasteiger partial charge is 0.500 e. The minimum Gasteiger partial charge on any atom is -0.374 e. The van der Waals surface area contributed by atoms with Gasteiger partial charge in [-0.05, 0) is 27.2 Å². The Morgan fingerprint density at radius 2 is 1.47 bits per heavy atom. The Bertz CT molecular complexity index is 146. The summed E-state index contributed by atoms with van der Waals surface area (Å²) in [7, 11) is -2.51. The predicted molar refractivity (Wildman–Crippen MR) is 60.4 cm³/mol. The first-order chi connectivity index (χ1) is 7.24. The van der Waals surface area contributed by atoms with Gasteiger partial charge in [0.2, 0.25) is 0 Å². The van der Waals surface area contributed by atoms with Crippen LogP contribution in [0.4, 0.5) is 0 Å². The summed E-state index contributed by atoms with van der Waals surface area (Å²) in [6.07, 6.45) is 3.01. The molecule has 0 atom stereocenters. The van der Waals surface area contributed by atoms with Crippen LogP contribution in [0.25, 0.3) is 0 Å². The molecule has 0 aliphatic carbocycles. The number of hydrogen-bond acceptors (Lipinski definition) is 4. The van der Waals surface area contributed by atoms with Crippen molar-refractivity contribution in [3.63, 3.8) is 0 Å². The predicted octanol–water partition coefficient (Wildman–Crippen LogP) is 1.92. The molecule has 0 N–H and O–H groups in total. The van der Waals surface area contributed by atoms with Crippen LogP contribution < -0.4 is 0 Å². The van der Waals surface area contributed by atoms with Gasteiger partial charge in [0, 0.05) is 32.3 Å². The molecule has 0 spiro atoms. The van der Waals surface area contributed by atoms with Crippen LogP contribution in [0.5, 0.6) is 0 Å². The SMILES string of the molecule is CCO[Si](CCC[C]=O)(OCC)OCC. The zero-order chi connectivity index (χ0) is 11.6. The van der Waals surface area contributed by atoms with E-state index in [0.29, 0.717) is 32.3 Å². The second-order valence-corrected chi connectivity index (χ2v) is 5.71. The minimum absolute atomic E-state index is 0.419. The Morgan fingerprint density at radius 1 is 1.00 bits per heavy atom. The molecule has 89 valence electrons. The topological polar surface area (TPSA) is 44.8 Å². The van der Waals surface area contributed by atoms with E-state index in [1.165, 1.54) is 0 Å². The molecule has 0 saturated carbocycles. The van der Waals surface area contributed by atoms with E-state index in [9.17, 15) is 4.79 Å². The van der Waals surface area contributed by atoms with Crippen LogP contribution in [-0.4, -0.2) is 34.9 Å². The molecule has 5 heteroatoms. The van der Waals surface area contributed by atoms with Crippen molar-refractivity contribution in [2.45, 2.75) is 39.7 Å². The maximum absolute atomic E-state index is 10.1. The molecule has 0 heterocycles. The lowest BCUT2D eigenvalue weighted by atomic mass is 10.4. The molecule has 15 heavy (non-hydrogen) atoms. The molecular formula is C10H21O4Si. The first-order valence-electron chi connectivity index (χ1n) is 5.51. The second-order valence-electron chi connectivity index (χ2n) is 2.98. The van der Waals surface area contributed by atoms with Crippen molar-refractivity contribution < 1.29 is 18.1 Å². The fraction of sp³-hybridized carbons (Fsp3) is 0.900. The molecule has 4 nitrogen and oxygen atoms in total. The van der Waals surface area contributed by atoms with E-state index in [4.69, 9.17) is 13.3 Å². The van der Waals surface area contributed by atoms with Crippen molar-refractivity contribution in [3.05, 3.63) is 0 Å². The van der Waals surface area contributed by atoms with Crippen molar-refractivity contribution in [2.24, 2.45) is 0 Å². The summed E-state index contributed by atoms with van der Waals surface area (Å²) in [5, 5.41) is 0. The van der Waals surface area contributed by atoms with Gasteiger partial charge < -0.3 is 13.3 Å². The van der Waals surface area contributed by atoms with Gasteiger partial charge in [-0.25, -0.2) is 0 Å². The van der Waals surface area contributed by atoms with Crippen LogP contribution in [0.1, 0.15) is 33.6 Å². The normalized spacial score (nSPS) is 11.7. The average Bonchev–Trinajstić information content (AvgIpc) is 2.19. The molecule has 0 aliphatic heterocycles. The van der Waals surface area contributed by atoms with E-state index >= 15 is 0 Å². The molecule has 0 unspecified atom stereocenters. The fourth-order valence-electron chi connectivity index (χ4n) is 1.38. The average molecular weight is 233 g/mol. The third-order valence-electron chi connectivity index (χ3n) is 1.85. The van der Waals surface area contributed by atoms with Crippen LogP contribution >= 0.6 is 0 Å². The Balaban J connectivity index is 4.24. The van der Waals surface area contributed by atoms with Gasteiger partial charge in [-0.3, -0.25) is 4.79 Å². The summed E-state index contributed by atoms with van der Waals surface area (Å²) in [6.45, 7) is 7.51. The van der Waals surface area contributed by atoms with Crippen LogP contribution in [0.2, 0.25) is 6.04 Å². The Hall–Kier alpha value is -0.233. The third kappa shape index (κ3) is 6.04. The minimum atomic E-state index is -2.51. The van der Waals surface area contributed by atoms with E-state index in [1.807, 2.05) is 27.1 Å². The van der Waals surface area contributed by atoms with Crippen molar-refractivity contribution in [3.8, 4) is 0 Å². The highest BCUT2D eigenvalue weighted by atomic mass is 28.4. The van der Waals surface area contributed by atoms with Crippen LogP contribution in [0.15, 0.2) is 0 Å². The van der Waals surface area contributed by atoms with Gasteiger partial charge in [0.05, 0.1) is 0 Å². The summed E-state index contributed by atoms with van der Waals surface area (Å²) < 4.78 is 16.9. The van der Waals surface area contributed by atoms with Crippen LogP contribution in [0, 0.1) is 0 Å². The van der Waals surface area contributed by atoms with E-state index in [-0.39, 0.29) is 0 Å². The Kier molecular flexibility index (Phi) is 8.89. The smallest absolute Gasteiger partial charge is 0.374 e. The fourth-order valence-corrected chi connectivity index (χ4v) is 3.99. The lowest BCUT2D eigenvalue weighted by molar-refractivity contribution is 0.0710. The van der Waals surface area contributed by atoms with E-state index in [2.05, 4.69) is 0 Å². The number of carbonyl (C=O) groups excluding carboxylic acids is 1. The second kappa shape index (κ2) is 9.03. The van der Waals surface area contributed by atoms with Crippen molar-refractivity contribution in [2.75, 3.05) is 19.8 Å². The van der Waals surface area contributed by atoms with Gasteiger partial charge in [-0.1, -0.05) is 0 Å². The van der Waals surface area contributed by atoms with Gasteiger partial charge in [0.15, 0.2) is 6.29 Å². The summed E-state index contributed by atoms with van der Waals surface area (Å²) in [5.74, 6) is 0. The molecule has 0 saturated heterocycles. The zero-order valence-corrected chi connectivity index (χ0v) is 10.9. The van der Waals surface area contributed by atoms with Gasteiger partial charge >= 0.3 is 8.80 Å². The summed E-state index contributed by atoms with van der Waals surface area (Å²) in [6, 6.07) is 0.692. The Morgan fingerprint density at radius 3 is 1.80 bits per heavy atom. The van der Waals surface area contributed by atoms with Crippen LogP contribution in [-0.2, 0) is 18.1 Å². The Labute approximate surface area is 93.3 Å². The quantitative estimate of drug-likeness (QED) is 0.427. The molecule has 0 aromatic rings. The maximum atomic E-state index is 10.1. The molecule has 0 amide bonds. The van der Waals surface area contributed by atoms with Crippen molar-refractivity contribution in [1.29, 1.82) is 0 Å². The number of rotatable bonds is 10. The zero-order valence-electron chi connectivity index (χ0n) is 9.88. The molecule has 1 radical (unpaired) electrons. The molecule has 0 aliphatic rings. The number of unbranched alkanes of at least 4 members (excludes halogenated alkanes) is 1. The molecule has 0 rings (SSSR count). The highest BCUT2D eigenvalue weighted by molar-refractivity contribution is 6.60. The molecule has 0 fully saturated rings. The van der Waals surface area contributed by atoms with Gasteiger partial charge in [0.1, 0.15) is 0 Å². The van der Waals surface area contributed by atoms with E-state index in [1.54, 1.807) is 0 Å². The monoisotopic (exact) mass is 233 g/mol. The van der Waals surface area contributed by atoms with Crippen molar-refractivity contribution >= 4 is 15.1 Å². The maximum Gasteiger partial charge on any atom is 0.500 e. The lowest BCUT2D eigenvalue weighted by Crippen LogP contribution is -2.45. The number of hydrogen-bond donors (Lipinski definition) is 0. The highest BCUT2D eigenvalue weighted by Gasteiger charge is 2.39. The van der Waals surface area contributed by atoms with E-state index in [0.717, 1.165) is 6.42 Å². The van der Waals surface area contributed by atoms with Gasteiger partial charge in [-0.15, -0.1) is 0 Å². The first kappa shape index (κ1) is 14.8. The molecular weight excluding hydrogens is 212 g/mol. The van der Waals surface area contributed by atoms with Crippen molar-refractivity contribution in [1.82, 2.24) is 0 Å². The summed E-state index contributed by atoms with van der Waals surface area (Å²) >= 11 is 0. The van der Waals surface area contributed by atoms with Crippen LogP contribution in [0.3, 0.4) is 0 Å². The highest BCUT2D eigenvalue weighted by Crippen LogP contribution is 2.18. The first-order valence-corrected chi connectivity index (χ1v) is 7.44. The van der Waals surface area contributed by atoms with Gasteiger partial charge in [-0.2, -0.15) is 0 Å². The molecule has 0 aromatic carbocycles.